The Morgan fingerprint density at radius 3 is 2.31 bits per heavy atom. The van der Waals surface area contributed by atoms with E-state index in [0.717, 1.165) is 17.7 Å². The molecule has 0 radical (unpaired) electrons. The number of nitrogens with one attached hydrogen (secondary N) is 1. The molecule has 2 rings (SSSR count). The number of nitrogens with two attached hydrogens (primary N) is 1. The van der Waals surface area contributed by atoms with Crippen molar-refractivity contribution in [1.82, 2.24) is 4.72 Å². The summed E-state index contributed by atoms with van der Waals surface area (Å²) < 4.78 is 32.9. The number of hydrogen-bond acceptors (Lipinski definition) is 4. The molecule has 0 heterocycles. The third kappa shape index (κ3) is 5.22. The summed E-state index contributed by atoms with van der Waals surface area (Å²) in [5.74, 6) is 0.793. The number of ether oxygens (including phenoxy) is 1. The zero-order valence-electron chi connectivity index (χ0n) is 15.9. The van der Waals surface area contributed by atoms with E-state index in [9.17, 15) is 8.42 Å². The van der Waals surface area contributed by atoms with Gasteiger partial charge in [-0.05, 0) is 53.3 Å². The quantitative estimate of drug-likeness (QED) is 0.572. The van der Waals surface area contributed by atoms with Crippen LogP contribution in [0.1, 0.15) is 38.8 Å². The Labute approximate surface area is 156 Å². The first-order chi connectivity index (χ1) is 12.1. The Kier molecular flexibility index (Phi) is 6.31. The Balaban J connectivity index is 2.01. The van der Waals surface area contributed by atoms with E-state index in [4.69, 9.17) is 10.5 Å². The molecule has 0 atom stereocenters. The number of nitrogen functional groups attached to an aromatic ring is 1. The molecule has 142 valence electrons. The lowest BCUT2D eigenvalue weighted by Crippen LogP contribution is -2.28. The molecule has 6 heteroatoms. The Hall–Kier alpha value is -2.05. The van der Waals surface area contributed by atoms with Crippen LogP contribution in [0.2, 0.25) is 0 Å². The Bertz CT molecular complexity index is 838. The lowest BCUT2D eigenvalue weighted by molar-refractivity contribution is 0.313. The highest BCUT2D eigenvalue weighted by atomic mass is 32.2. The number of rotatable bonds is 7. The van der Waals surface area contributed by atoms with Crippen LogP contribution in [0, 0.1) is 0 Å². The molecule has 26 heavy (non-hydrogen) atoms. The summed E-state index contributed by atoms with van der Waals surface area (Å²) in [6.07, 6.45) is 0.963. The van der Waals surface area contributed by atoms with Gasteiger partial charge in [-0.15, -0.1) is 0 Å². The van der Waals surface area contributed by atoms with E-state index in [-0.39, 0.29) is 23.5 Å². The minimum Gasteiger partial charge on any atom is -0.492 e. The fraction of sp³-hybridized carbons (Fsp3) is 0.400. The molecule has 0 aliphatic carbocycles. The van der Waals surface area contributed by atoms with Gasteiger partial charge in [-0.25, -0.2) is 13.1 Å². The van der Waals surface area contributed by atoms with Crippen LogP contribution >= 0.6 is 0 Å². The molecule has 2 aromatic rings. The molecule has 0 aromatic heterocycles. The smallest absolute Gasteiger partial charge is 0.240 e. The fourth-order valence-corrected chi connectivity index (χ4v) is 3.59. The number of benzene rings is 2. The van der Waals surface area contributed by atoms with Gasteiger partial charge < -0.3 is 10.5 Å². The SMILES string of the molecule is CCc1ccc(OCCNS(=O)(=O)c2ccc(N)cc2)c(C(C)(C)C)c1. The van der Waals surface area contributed by atoms with Crippen LogP contribution in [0.25, 0.3) is 0 Å². The van der Waals surface area contributed by atoms with Gasteiger partial charge in [0.1, 0.15) is 12.4 Å². The normalized spacial score (nSPS) is 12.2. The molecular weight excluding hydrogens is 348 g/mol. The summed E-state index contributed by atoms with van der Waals surface area (Å²) in [5, 5.41) is 0. The molecular formula is C20H28N2O3S. The molecule has 5 nitrogen and oxygen atoms in total. The first-order valence-electron chi connectivity index (χ1n) is 8.75. The zero-order chi connectivity index (χ0) is 19.4. The van der Waals surface area contributed by atoms with Crippen LogP contribution < -0.4 is 15.2 Å². The molecule has 0 spiro atoms. The van der Waals surface area contributed by atoms with Crippen molar-refractivity contribution in [3.05, 3.63) is 53.6 Å². The molecule has 0 aliphatic heterocycles. The van der Waals surface area contributed by atoms with E-state index < -0.39 is 10.0 Å². The van der Waals surface area contributed by atoms with Crippen molar-refractivity contribution in [2.75, 3.05) is 18.9 Å². The summed E-state index contributed by atoms with van der Waals surface area (Å²) in [6, 6.07) is 12.3. The van der Waals surface area contributed by atoms with E-state index in [2.05, 4.69) is 38.5 Å². The number of anilines is 1. The maximum Gasteiger partial charge on any atom is 0.240 e. The van der Waals surface area contributed by atoms with Gasteiger partial charge in [0.15, 0.2) is 0 Å². The molecule has 0 aliphatic rings. The van der Waals surface area contributed by atoms with Gasteiger partial charge >= 0.3 is 0 Å². The zero-order valence-corrected chi connectivity index (χ0v) is 16.7. The maximum absolute atomic E-state index is 12.3. The third-order valence-corrected chi connectivity index (χ3v) is 5.58. The highest BCUT2D eigenvalue weighted by Gasteiger charge is 2.20. The Morgan fingerprint density at radius 1 is 1.08 bits per heavy atom. The van der Waals surface area contributed by atoms with Gasteiger partial charge in [0.2, 0.25) is 10.0 Å². The summed E-state index contributed by atoms with van der Waals surface area (Å²) in [5.41, 5.74) is 8.44. The van der Waals surface area contributed by atoms with Gasteiger partial charge in [-0.1, -0.05) is 39.8 Å². The molecule has 2 aromatic carbocycles. The highest BCUT2D eigenvalue weighted by Crippen LogP contribution is 2.32. The average Bonchev–Trinajstić information content (AvgIpc) is 2.58. The van der Waals surface area contributed by atoms with Crippen LogP contribution in [0.4, 0.5) is 5.69 Å². The molecule has 0 saturated heterocycles. The van der Waals surface area contributed by atoms with Gasteiger partial charge in [0.05, 0.1) is 4.90 Å². The highest BCUT2D eigenvalue weighted by molar-refractivity contribution is 7.89. The molecule has 3 N–H and O–H groups in total. The maximum atomic E-state index is 12.3. The van der Waals surface area contributed by atoms with Crippen LogP contribution in [-0.4, -0.2) is 21.6 Å². The fourth-order valence-electron chi connectivity index (χ4n) is 2.58. The second-order valence-electron chi connectivity index (χ2n) is 7.25. The largest absolute Gasteiger partial charge is 0.492 e. The van der Waals surface area contributed by atoms with Gasteiger partial charge in [0.25, 0.3) is 0 Å². The van der Waals surface area contributed by atoms with E-state index >= 15 is 0 Å². The minimum absolute atomic E-state index is 0.0516. The monoisotopic (exact) mass is 376 g/mol. The number of aryl methyl sites for hydroxylation is 1. The third-order valence-electron chi connectivity index (χ3n) is 4.10. The van der Waals surface area contributed by atoms with E-state index in [1.807, 2.05) is 12.1 Å². The van der Waals surface area contributed by atoms with Gasteiger partial charge in [-0.3, -0.25) is 0 Å². The number of hydrogen-bond donors (Lipinski definition) is 2. The molecule has 0 saturated carbocycles. The lowest BCUT2D eigenvalue weighted by Gasteiger charge is -2.23. The first kappa shape index (κ1) is 20.3. The van der Waals surface area contributed by atoms with E-state index in [1.165, 1.54) is 17.7 Å². The van der Waals surface area contributed by atoms with E-state index in [1.54, 1.807) is 12.1 Å². The van der Waals surface area contributed by atoms with Crippen LogP contribution in [0.5, 0.6) is 5.75 Å². The average molecular weight is 377 g/mol. The lowest BCUT2D eigenvalue weighted by atomic mass is 9.85. The summed E-state index contributed by atoms with van der Waals surface area (Å²) in [4.78, 5) is 0.189. The molecule has 0 bridgehead atoms. The summed E-state index contributed by atoms with van der Waals surface area (Å²) >= 11 is 0. The van der Waals surface area contributed by atoms with Crippen LogP contribution in [0.3, 0.4) is 0 Å². The Morgan fingerprint density at radius 2 is 1.73 bits per heavy atom. The van der Waals surface area contributed by atoms with Crippen molar-refractivity contribution in [2.24, 2.45) is 0 Å². The van der Waals surface area contributed by atoms with Crippen molar-refractivity contribution in [1.29, 1.82) is 0 Å². The summed E-state index contributed by atoms with van der Waals surface area (Å²) in [6.45, 7) is 8.97. The van der Waals surface area contributed by atoms with Crippen LogP contribution in [-0.2, 0) is 21.9 Å². The van der Waals surface area contributed by atoms with E-state index in [0.29, 0.717) is 5.69 Å². The van der Waals surface area contributed by atoms with Crippen molar-refractivity contribution in [3.8, 4) is 5.75 Å². The van der Waals surface area contributed by atoms with Gasteiger partial charge in [-0.2, -0.15) is 0 Å². The second-order valence-corrected chi connectivity index (χ2v) is 9.02. The first-order valence-corrected chi connectivity index (χ1v) is 10.2. The molecule has 0 unspecified atom stereocenters. The predicted octanol–water partition coefficient (Wildman–Crippen LogP) is 3.49. The standard InChI is InChI=1S/C20H28N2O3S/c1-5-15-6-11-19(18(14-15)20(2,3)4)25-13-12-22-26(23,24)17-9-7-16(21)8-10-17/h6-11,14,22H,5,12-13,21H2,1-4H3. The summed E-state index contributed by atoms with van der Waals surface area (Å²) in [7, 11) is -3.57. The van der Waals surface area contributed by atoms with Crippen molar-refractivity contribution in [3.63, 3.8) is 0 Å². The number of sulfonamides is 1. The minimum atomic E-state index is -3.57. The molecule has 0 amide bonds. The van der Waals surface area contributed by atoms with Crippen molar-refractivity contribution >= 4 is 15.7 Å². The van der Waals surface area contributed by atoms with Crippen molar-refractivity contribution in [2.45, 2.75) is 44.4 Å². The molecule has 0 fully saturated rings. The van der Waals surface area contributed by atoms with Crippen molar-refractivity contribution < 1.29 is 13.2 Å². The topological polar surface area (TPSA) is 81.4 Å². The van der Waals surface area contributed by atoms with Gasteiger partial charge in [0, 0.05) is 12.2 Å². The second kappa shape index (κ2) is 8.10. The predicted molar refractivity (Wildman–Crippen MR) is 106 cm³/mol. The van der Waals surface area contributed by atoms with Crippen LogP contribution in [0.15, 0.2) is 47.4 Å².